The molecule has 2 fully saturated rings. The van der Waals surface area contributed by atoms with Crippen molar-refractivity contribution in [2.75, 3.05) is 37.7 Å². The number of alkyl halides is 6. The molecule has 1 aliphatic heterocycles. The Morgan fingerprint density at radius 3 is 2.30 bits per heavy atom. The minimum absolute atomic E-state index is 0.0586. The first-order valence-electron chi connectivity index (χ1n) is 12.7. The van der Waals surface area contributed by atoms with E-state index in [1.165, 1.54) is 12.1 Å². The van der Waals surface area contributed by atoms with E-state index in [2.05, 4.69) is 4.98 Å². The normalized spacial score (nSPS) is 20.4. The number of hydrogen-bond donors (Lipinski definition) is 1. The molecule has 0 bridgehead atoms. The maximum absolute atomic E-state index is 13.2. The van der Waals surface area contributed by atoms with Crippen molar-refractivity contribution in [2.24, 2.45) is 0 Å². The Hall–Kier alpha value is -3.08. The van der Waals surface area contributed by atoms with Crippen LogP contribution < -0.4 is 10.2 Å². The van der Waals surface area contributed by atoms with Gasteiger partial charge in [-0.2, -0.15) is 31.6 Å². The third kappa shape index (κ3) is 7.35. The van der Waals surface area contributed by atoms with Crippen LogP contribution in [0.2, 0.25) is 5.02 Å². The van der Waals surface area contributed by atoms with Gasteiger partial charge in [-0.1, -0.05) is 11.6 Å². The molecule has 1 amide bonds. The minimum atomic E-state index is -4.61. The van der Waals surface area contributed by atoms with Gasteiger partial charge in [0.2, 0.25) is 5.91 Å². The summed E-state index contributed by atoms with van der Waals surface area (Å²) in [6.45, 7) is 1.29. The number of pyridine rings is 1. The van der Waals surface area contributed by atoms with Crippen LogP contribution in [0.3, 0.4) is 0 Å². The molecule has 14 heteroatoms. The molecule has 2 aliphatic rings. The minimum Gasteiger partial charge on any atom is -0.368 e. The first-order chi connectivity index (χ1) is 18.8. The number of piperazine rings is 1. The second-order valence-electron chi connectivity index (χ2n) is 9.82. The van der Waals surface area contributed by atoms with Crippen LogP contribution in [0.4, 0.5) is 37.8 Å². The Morgan fingerprint density at radius 2 is 1.73 bits per heavy atom. The fourth-order valence-electron chi connectivity index (χ4n) is 4.96. The predicted octanol–water partition coefficient (Wildman–Crippen LogP) is 4.52. The Bertz CT molecular complexity index is 1250. The van der Waals surface area contributed by atoms with Crippen molar-refractivity contribution < 1.29 is 41.2 Å². The SMILES string of the molecule is N#Cc1ccc([NH2+]C2CCC(OCC(=O)N3CCN(c4ncc(C(F)(F)F)cc4Cl)CC3)CC2)cc1C(F)(F)F. The highest BCUT2D eigenvalue weighted by Crippen LogP contribution is 2.34. The zero-order valence-electron chi connectivity index (χ0n) is 21.2. The quantitative estimate of drug-likeness (QED) is 0.395. The van der Waals surface area contributed by atoms with Crippen LogP contribution in [0.5, 0.6) is 0 Å². The van der Waals surface area contributed by atoms with E-state index >= 15 is 0 Å². The molecule has 1 aromatic heterocycles. The van der Waals surface area contributed by atoms with Gasteiger partial charge < -0.3 is 19.9 Å². The van der Waals surface area contributed by atoms with E-state index in [0.29, 0.717) is 57.5 Å². The van der Waals surface area contributed by atoms with Gasteiger partial charge in [0.1, 0.15) is 18.1 Å². The van der Waals surface area contributed by atoms with E-state index in [9.17, 15) is 31.1 Å². The molecule has 0 atom stereocenters. The van der Waals surface area contributed by atoms with Crippen molar-refractivity contribution in [3.05, 3.63) is 52.2 Å². The van der Waals surface area contributed by atoms with Crippen LogP contribution in [-0.4, -0.2) is 60.7 Å². The van der Waals surface area contributed by atoms with E-state index in [0.717, 1.165) is 18.3 Å². The topological polar surface area (TPSA) is 86.1 Å². The zero-order valence-corrected chi connectivity index (χ0v) is 22.0. The molecule has 216 valence electrons. The lowest BCUT2D eigenvalue weighted by Gasteiger charge is -2.36. The summed E-state index contributed by atoms with van der Waals surface area (Å²) in [5, 5.41) is 10.6. The monoisotopic (exact) mass is 590 g/mol. The maximum Gasteiger partial charge on any atom is 0.417 e. The molecule has 2 N–H and O–H groups in total. The standard InChI is InChI=1S/C26H26ClF6N5O2/c27-22-11-17(25(28,29)30)14-35-24(22)38-9-7-37(8-10-38)23(39)15-40-20-5-3-18(4-6-20)36-19-2-1-16(13-34)21(12-19)26(31,32)33/h1-2,11-12,14,18,20,36H,3-10,15H2/p+1. The summed E-state index contributed by atoms with van der Waals surface area (Å²) in [6.07, 6.45) is -5.85. The first kappa shape index (κ1) is 29.9. The summed E-state index contributed by atoms with van der Waals surface area (Å²) >= 11 is 6.03. The average molecular weight is 591 g/mol. The smallest absolute Gasteiger partial charge is 0.368 e. The molecule has 7 nitrogen and oxygen atoms in total. The number of hydrogen-bond acceptors (Lipinski definition) is 5. The van der Waals surface area contributed by atoms with Gasteiger partial charge >= 0.3 is 12.4 Å². The number of nitriles is 1. The van der Waals surface area contributed by atoms with Crippen molar-refractivity contribution in [1.29, 1.82) is 5.26 Å². The van der Waals surface area contributed by atoms with E-state index in [1.807, 2.05) is 0 Å². The fraction of sp³-hybridized carbons (Fsp3) is 0.500. The van der Waals surface area contributed by atoms with Gasteiger partial charge in [0.05, 0.1) is 39.9 Å². The van der Waals surface area contributed by atoms with Crippen LogP contribution in [0.15, 0.2) is 30.5 Å². The Labute approximate surface area is 231 Å². The van der Waals surface area contributed by atoms with Gasteiger partial charge in [-0.3, -0.25) is 4.79 Å². The summed E-state index contributed by atoms with van der Waals surface area (Å²) in [7, 11) is 0. The number of benzene rings is 1. The molecule has 4 rings (SSSR count). The molecule has 1 aliphatic carbocycles. The van der Waals surface area contributed by atoms with E-state index < -0.39 is 29.0 Å². The molecule has 1 saturated carbocycles. The highest BCUT2D eigenvalue weighted by molar-refractivity contribution is 6.33. The lowest BCUT2D eigenvalue weighted by Crippen LogP contribution is -2.85. The number of aromatic nitrogens is 1. The number of nitrogens with zero attached hydrogens (tertiary/aromatic N) is 4. The second kappa shape index (κ2) is 12.2. The van der Waals surface area contributed by atoms with Crippen molar-refractivity contribution in [3.63, 3.8) is 0 Å². The molecule has 0 radical (unpaired) electrons. The van der Waals surface area contributed by atoms with Gasteiger partial charge in [-0.25, -0.2) is 4.98 Å². The van der Waals surface area contributed by atoms with Crippen molar-refractivity contribution >= 4 is 29.0 Å². The summed E-state index contributed by atoms with van der Waals surface area (Å²) in [5.41, 5.74) is -1.87. The molecule has 1 aromatic carbocycles. The van der Waals surface area contributed by atoms with Crippen LogP contribution in [-0.2, 0) is 21.9 Å². The van der Waals surface area contributed by atoms with Crippen molar-refractivity contribution in [2.45, 2.75) is 50.2 Å². The number of rotatable bonds is 6. The second-order valence-corrected chi connectivity index (χ2v) is 10.2. The number of anilines is 1. The number of halogens is 7. The number of nitrogens with two attached hydrogens (primary N) is 1. The summed E-state index contributed by atoms with van der Waals surface area (Å²) in [6, 6.07) is 6.17. The number of ether oxygens (including phenoxy) is 1. The Morgan fingerprint density at radius 1 is 1.05 bits per heavy atom. The molecular weight excluding hydrogens is 564 g/mol. The number of amides is 1. The predicted molar refractivity (Wildman–Crippen MR) is 133 cm³/mol. The number of carbonyl (C=O) groups excluding carboxylic acids is 1. The van der Waals surface area contributed by atoms with E-state index in [4.69, 9.17) is 21.6 Å². The highest BCUT2D eigenvalue weighted by atomic mass is 35.5. The summed E-state index contributed by atoms with van der Waals surface area (Å²) in [4.78, 5) is 19.9. The Kier molecular flexibility index (Phi) is 9.12. The molecular formula is C26H27ClF6N5O2+. The third-order valence-corrected chi connectivity index (χ3v) is 7.42. The number of carbonyl (C=O) groups is 1. The van der Waals surface area contributed by atoms with Gasteiger partial charge in [0.15, 0.2) is 0 Å². The van der Waals surface area contributed by atoms with Gasteiger partial charge in [-0.15, -0.1) is 0 Å². The van der Waals surface area contributed by atoms with Crippen LogP contribution in [0.1, 0.15) is 42.4 Å². The summed E-state index contributed by atoms with van der Waals surface area (Å²) < 4.78 is 84.1. The molecule has 2 heterocycles. The Balaban J connectivity index is 1.20. The lowest BCUT2D eigenvalue weighted by atomic mass is 9.92. The van der Waals surface area contributed by atoms with E-state index in [-0.39, 0.29) is 35.5 Å². The molecule has 2 aromatic rings. The molecule has 0 unspecified atom stereocenters. The highest BCUT2D eigenvalue weighted by Gasteiger charge is 2.35. The molecule has 40 heavy (non-hydrogen) atoms. The number of quaternary nitrogens is 1. The zero-order chi connectivity index (χ0) is 29.1. The lowest BCUT2D eigenvalue weighted by molar-refractivity contribution is -0.615. The van der Waals surface area contributed by atoms with Gasteiger partial charge in [0, 0.05) is 57.4 Å². The third-order valence-electron chi connectivity index (χ3n) is 7.14. The van der Waals surface area contributed by atoms with Crippen molar-refractivity contribution in [3.8, 4) is 6.07 Å². The van der Waals surface area contributed by atoms with Crippen LogP contribution in [0.25, 0.3) is 0 Å². The molecule has 0 spiro atoms. The largest absolute Gasteiger partial charge is 0.417 e. The van der Waals surface area contributed by atoms with Crippen molar-refractivity contribution in [1.82, 2.24) is 9.88 Å². The summed E-state index contributed by atoms with van der Waals surface area (Å²) in [5.74, 6) is 0.0410. The van der Waals surface area contributed by atoms with E-state index in [1.54, 1.807) is 21.2 Å². The fourth-order valence-corrected chi connectivity index (χ4v) is 5.24. The van der Waals surface area contributed by atoms with Crippen LogP contribution >= 0.6 is 11.6 Å². The molecule has 1 saturated heterocycles. The van der Waals surface area contributed by atoms with Gasteiger partial charge in [-0.05, 0) is 25.0 Å². The maximum atomic E-state index is 13.2. The first-order valence-corrected chi connectivity index (χ1v) is 13.1. The van der Waals surface area contributed by atoms with Crippen LogP contribution in [0, 0.1) is 11.3 Å². The average Bonchev–Trinajstić information content (AvgIpc) is 2.91. The van der Waals surface area contributed by atoms with Gasteiger partial charge in [0.25, 0.3) is 0 Å².